The molecule has 0 aliphatic rings. The van der Waals surface area contributed by atoms with Crippen molar-refractivity contribution in [3.05, 3.63) is 41.9 Å². The third-order valence-corrected chi connectivity index (χ3v) is 2.08. The molecule has 0 aliphatic heterocycles. The molecule has 0 radical (unpaired) electrons. The molecule has 1 aromatic heterocycles. The van der Waals surface area contributed by atoms with Crippen molar-refractivity contribution in [3.8, 4) is 23.8 Å². The number of nitrogens with zero attached hydrogens (tertiary/aromatic N) is 4. The van der Waals surface area contributed by atoms with Crippen LogP contribution in [0.3, 0.4) is 0 Å². The molecule has 0 spiro atoms. The summed E-state index contributed by atoms with van der Waals surface area (Å²) in [6.07, 6.45) is 2.61. The summed E-state index contributed by atoms with van der Waals surface area (Å²) in [5, 5.41) is 17.5. The van der Waals surface area contributed by atoms with Crippen molar-refractivity contribution in [1.29, 1.82) is 10.5 Å². The molecule has 2 rings (SSSR count). The molecular formula is C12H7N5O. The van der Waals surface area contributed by atoms with Gasteiger partial charge in [0.25, 0.3) is 0 Å². The van der Waals surface area contributed by atoms with Crippen LogP contribution in [0.5, 0.6) is 11.6 Å². The molecule has 1 aromatic carbocycles. The lowest BCUT2D eigenvalue weighted by atomic mass is 10.2. The van der Waals surface area contributed by atoms with Gasteiger partial charge in [-0.15, -0.1) is 0 Å². The molecule has 2 N–H and O–H groups in total. The highest BCUT2D eigenvalue weighted by molar-refractivity contribution is 5.53. The second-order valence-corrected chi connectivity index (χ2v) is 3.32. The molecular weight excluding hydrogens is 230 g/mol. The second-order valence-electron chi connectivity index (χ2n) is 3.32. The molecule has 0 fully saturated rings. The summed E-state index contributed by atoms with van der Waals surface area (Å²) in [5.74, 6) is 0.543. The standard InChI is InChI=1S/C12H7N5O/c13-4-8-3-9(15)1-2-11(8)18-12-7-16-10(5-14)6-17-12/h1-3,6-7H,15H2. The summed E-state index contributed by atoms with van der Waals surface area (Å²) in [7, 11) is 0. The minimum Gasteiger partial charge on any atom is -0.436 e. The number of nitrogens with two attached hydrogens (primary N) is 1. The minimum absolute atomic E-state index is 0.195. The molecule has 2 aromatic rings. The van der Waals surface area contributed by atoms with Crippen LogP contribution in [-0.2, 0) is 0 Å². The quantitative estimate of drug-likeness (QED) is 0.794. The van der Waals surface area contributed by atoms with E-state index < -0.39 is 0 Å². The van der Waals surface area contributed by atoms with E-state index in [1.165, 1.54) is 18.5 Å². The van der Waals surface area contributed by atoms with Gasteiger partial charge in [0.2, 0.25) is 5.88 Å². The lowest BCUT2D eigenvalue weighted by Crippen LogP contribution is -1.94. The highest BCUT2D eigenvalue weighted by Crippen LogP contribution is 2.24. The molecule has 18 heavy (non-hydrogen) atoms. The predicted molar refractivity (Wildman–Crippen MR) is 62.4 cm³/mol. The molecule has 0 amide bonds. The first-order valence-electron chi connectivity index (χ1n) is 4.92. The van der Waals surface area contributed by atoms with Crippen LogP contribution in [0, 0.1) is 22.7 Å². The summed E-state index contributed by atoms with van der Waals surface area (Å²) in [6, 6.07) is 8.53. The molecule has 1 heterocycles. The van der Waals surface area contributed by atoms with E-state index in [2.05, 4.69) is 9.97 Å². The molecule has 0 bridgehead atoms. The molecule has 0 unspecified atom stereocenters. The van der Waals surface area contributed by atoms with E-state index in [0.29, 0.717) is 17.0 Å². The van der Waals surface area contributed by atoms with Crippen LogP contribution in [-0.4, -0.2) is 9.97 Å². The van der Waals surface area contributed by atoms with Crippen LogP contribution in [0.25, 0.3) is 0 Å². The Morgan fingerprint density at radius 1 is 1.11 bits per heavy atom. The Morgan fingerprint density at radius 3 is 2.56 bits per heavy atom. The summed E-state index contributed by atoms with van der Waals surface area (Å²) in [6.45, 7) is 0. The van der Waals surface area contributed by atoms with E-state index in [4.69, 9.17) is 21.0 Å². The Bertz CT molecular complexity index is 652. The van der Waals surface area contributed by atoms with Crippen molar-refractivity contribution >= 4 is 5.69 Å². The van der Waals surface area contributed by atoms with Crippen molar-refractivity contribution < 1.29 is 4.74 Å². The van der Waals surface area contributed by atoms with Crippen molar-refractivity contribution in [1.82, 2.24) is 9.97 Å². The van der Waals surface area contributed by atoms with Crippen LogP contribution in [0.1, 0.15) is 11.3 Å². The van der Waals surface area contributed by atoms with Gasteiger partial charge in [0.1, 0.15) is 17.9 Å². The average Bonchev–Trinajstić information content (AvgIpc) is 2.41. The molecule has 86 valence electrons. The lowest BCUT2D eigenvalue weighted by molar-refractivity contribution is 0.458. The minimum atomic E-state index is 0.195. The topological polar surface area (TPSA) is 109 Å². The summed E-state index contributed by atoms with van der Waals surface area (Å²) >= 11 is 0. The zero-order valence-corrected chi connectivity index (χ0v) is 9.16. The van der Waals surface area contributed by atoms with Crippen molar-refractivity contribution in [3.63, 3.8) is 0 Å². The van der Waals surface area contributed by atoms with Crippen LogP contribution in [0.15, 0.2) is 30.6 Å². The maximum absolute atomic E-state index is 8.94. The molecule has 0 saturated heterocycles. The molecule has 0 aliphatic carbocycles. The number of rotatable bonds is 2. The first-order chi connectivity index (χ1) is 8.72. The Labute approximate surface area is 103 Å². The van der Waals surface area contributed by atoms with Crippen molar-refractivity contribution in [2.24, 2.45) is 0 Å². The lowest BCUT2D eigenvalue weighted by Gasteiger charge is -2.06. The van der Waals surface area contributed by atoms with Gasteiger partial charge in [-0.05, 0) is 18.2 Å². The molecule has 6 heteroatoms. The fraction of sp³-hybridized carbons (Fsp3) is 0. The third-order valence-electron chi connectivity index (χ3n) is 2.08. The number of hydrogen-bond donors (Lipinski definition) is 1. The Kier molecular flexibility index (Phi) is 3.04. The van der Waals surface area contributed by atoms with E-state index >= 15 is 0 Å². The van der Waals surface area contributed by atoms with E-state index in [1.807, 2.05) is 12.1 Å². The van der Waals surface area contributed by atoms with Gasteiger partial charge in [-0.2, -0.15) is 10.5 Å². The molecule has 6 nitrogen and oxygen atoms in total. The van der Waals surface area contributed by atoms with Gasteiger partial charge in [-0.25, -0.2) is 9.97 Å². The van der Waals surface area contributed by atoms with Gasteiger partial charge in [0, 0.05) is 5.69 Å². The number of nitrogen functional groups attached to an aromatic ring is 1. The Balaban J connectivity index is 2.29. The summed E-state index contributed by atoms with van der Waals surface area (Å²) in [4.78, 5) is 7.70. The Morgan fingerprint density at radius 2 is 1.94 bits per heavy atom. The van der Waals surface area contributed by atoms with Gasteiger partial charge >= 0.3 is 0 Å². The van der Waals surface area contributed by atoms with E-state index in [1.54, 1.807) is 12.1 Å². The zero-order chi connectivity index (χ0) is 13.0. The number of nitriles is 2. The third kappa shape index (κ3) is 2.34. The van der Waals surface area contributed by atoms with Gasteiger partial charge in [-0.3, -0.25) is 0 Å². The largest absolute Gasteiger partial charge is 0.436 e. The summed E-state index contributed by atoms with van der Waals surface area (Å²) in [5.41, 5.74) is 6.54. The van der Waals surface area contributed by atoms with Gasteiger partial charge in [0.15, 0.2) is 5.69 Å². The van der Waals surface area contributed by atoms with Crippen molar-refractivity contribution in [2.75, 3.05) is 5.73 Å². The van der Waals surface area contributed by atoms with Gasteiger partial charge in [0.05, 0.1) is 18.0 Å². The maximum atomic E-state index is 8.94. The average molecular weight is 237 g/mol. The number of ether oxygens (including phenoxy) is 1. The number of aromatic nitrogens is 2. The highest BCUT2D eigenvalue weighted by atomic mass is 16.5. The van der Waals surface area contributed by atoms with Crippen LogP contribution < -0.4 is 10.5 Å². The van der Waals surface area contributed by atoms with E-state index in [-0.39, 0.29) is 11.6 Å². The SMILES string of the molecule is N#Cc1cnc(Oc2ccc(N)cc2C#N)cn1. The highest BCUT2D eigenvalue weighted by Gasteiger charge is 2.06. The number of anilines is 1. The van der Waals surface area contributed by atoms with Crippen LogP contribution in [0.4, 0.5) is 5.69 Å². The Hall–Kier alpha value is -3.12. The first kappa shape index (κ1) is 11.4. The van der Waals surface area contributed by atoms with Gasteiger partial charge in [-0.1, -0.05) is 0 Å². The smallest absolute Gasteiger partial charge is 0.237 e. The second kappa shape index (κ2) is 4.81. The fourth-order valence-electron chi connectivity index (χ4n) is 1.26. The fourth-order valence-corrected chi connectivity index (χ4v) is 1.26. The zero-order valence-electron chi connectivity index (χ0n) is 9.16. The molecule has 0 atom stereocenters. The normalized spacial score (nSPS) is 9.22. The van der Waals surface area contributed by atoms with Crippen molar-refractivity contribution in [2.45, 2.75) is 0 Å². The number of benzene rings is 1. The van der Waals surface area contributed by atoms with Gasteiger partial charge < -0.3 is 10.5 Å². The van der Waals surface area contributed by atoms with Crippen LogP contribution in [0.2, 0.25) is 0 Å². The monoisotopic (exact) mass is 237 g/mol. The number of hydrogen-bond acceptors (Lipinski definition) is 6. The summed E-state index contributed by atoms with van der Waals surface area (Å²) < 4.78 is 5.39. The van der Waals surface area contributed by atoms with Crippen LogP contribution >= 0.6 is 0 Å². The molecule has 0 saturated carbocycles. The maximum Gasteiger partial charge on any atom is 0.237 e. The first-order valence-corrected chi connectivity index (χ1v) is 4.92. The predicted octanol–water partition coefficient (Wildman–Crippen LogP) is 1.59. The van der Waals surface area contributed by atoms with E-state index in [9.17, 15) is 0 Å². The van der Waals surface area contributed by atoms with E-state index in [0.717, 1.165) is 0 Å².